The Morgan fingerprint density at radius 1 is 1.10 bits per heavy atom. The number of aromatic nitrogens is 3. The van der Waals surface area contributed by atoms with Crippen molar-refractivity contribution in [3.8, 4) is 11.5 Å². The average molecular weight is 442 g/mol. The molecule has 3 aromatic rings. The van der Waals surface area contributed by atoms with Gasteiger partial charge in [0.15, 0.2) is 11.0 Å². The van der Waals surface area contributed by atoms with Gasteiger partial charge in [-0.05, 0) is 32.0 Å². The number of methoxy groups -OCH3 is 1. The van der Waals surface area contributed by atoms with Crippen molar-refractivity contribution in [3.63, 3.8) is 0 Å². The van der Waals surface area contributed by atoms with E-state index >= 15 is 0 Å². The molecule has 0 fully saturated rings. The van der Waals surface area contributed by atoms with Crippen molar-refractivity contribution in [2.45, 2.75) is 52.4 Å². The number of ketones is 1. The first-order valence-electron chi connectivity index (χ1n) is 10.5. The normalized spacial score (nSPS) is 10.2. The average Bonchev–Trinajstić information content (AvgIpc) is 3.20. The van der Waals surface area contributed by atoms with E-state index in [1.54, 1.807) is 7.11 Å². The van der Waals surface area contributed by atoms with E-state index in [4.69, 9.17) is 9.47 Å². The number of thioether (sulfide) groups is 1. The van der Waals surface area contributed by atoms with Gasteiger partial charge in [-0.1, -0.05) is 61.5 Å². The molecule has 166 valence electrons. The van der Waals surface area contributed by atoms with Crippen LogP contribution in [0.25, 0.3) is 0 Å². The minimum Gasteiger partial charge on any atom is -0.496 e. The molecule has 1 aromatic heterocycles. The topological polar surface area (TPSA) is 66.2 Å². The van der Waals surface area contributed by atoms with E-state index in [-0.39, 0.29) is 5.78 Å². The summed E-state index contributed by atoms with van der Waals surface area (Å²) >= 11 is 1.40. The lowest BCUT2D eigenvalue weighted by molar-refractivity contribution is -0.116. The molecule has 0 bridgehead atoms. The molecule has 0 aliphatic rings. The van der Waals surface area contributed by atoms with Gasteiger partial charge in [0.2, 0.25) is 0 Å². The number of nitrogens with zero attached hydrogens (tertiary/aromatic N) is 3. The van der Waals surface area contributed by atoms with Crippen LogP contribution in [0.3, 0.4) is 0 Å². The van der Waals surface area contributed by atoms with Crippen molar-refractivity contribution in [1.29, 1.82) is 0 Å². The second-order valence-corrected chi connectivity index (χ2v) is 7.51. The lowest BCUT2D eigenvalue weighted by atomic mass is 10.1. The molecule has 0 aliphatic heterocycles. The molecule has 0 aliphatic carbocycles. The molecule has 7 heteroatoms. The first-order valence-corrected chi connectivity index (χ1v) is 11.5. The van der Waals surface area contributed by atoms with Crippen LogP contribution in [0.15, 0.2) is 53.7 Å². The van der Waals surface area contributed by atoms with Gasteiger partial charge in [0.1, 0.15) is 23.9 Å². The van der Waals surface area contributed by atoms with E-state index < -0.39 is 0 Å². The van der Waals surface area contributed by atoms with Crippen molar-refractivity contribution in [3.05, 3.63) is 65.5 Å². The summed E-state index contributed by atoms with van der Waals surface area (Å²) in [5.41, 5.74) is 2.02. The largest absolute Gasteiger partial charge is 0.496 e. The van der Waals surface area contributed by atoms with Gasteiger partial charge in [-0.2, -0.15) is 0 Å². The van der Waals surface area contributed by atoms with E-state index in [0.717, 1.165) is 33.6 Å². The molecule has 0 amide bonds. The molecule has 3 rings (SSSR count). The van der Waals surface area contributed by atoms with Crippen LogP contribution in [-0.2, 0) is 24.4 Å². The van der Waals surface area contributed by atoms with E-state index in [9.17, 15) is 4.79 Å². The predicted molar refractivity (Wildman–Crippen MR) is 125 cm³/mol. The summed E-state index contributed by atoms with van der Waals surface area (Å²) in [6.45, 7) is 9.08. The Hall–Kier alpha value is -2.80. The fraction of sp³-hybridized carbons (Fsp3) is 0.375. The fourth-order valence-corrected chi connectivity index (χ4v) is 3.85. The van der Waals surface area contributed by atoms with E-state index in [2.05, 4.69) is 10.2 Å². The maximum atomic E-state index is 12.5. The quantitative estimate of drug-likeness (QED) is 0.407. The standard InChI is InChI=1S/C22H25N3O3S.C2H6/c1-4-25-21(14-28-19-8-6-5-7-9-19)23-24-22(25)29-15-18(26)13-17-12-16(2)10-11-20(17)27-3;1-2/h5-12H,4,13-15H2,1-3H3;1-2H3. The SMILES string of the molecule is CC.CCn1c(COc2ccccc2)nnc1SCC(=O)Cc1cc(C)ccc1OC. The second-order valence-electron chi connectivity index (χ2n) is 6.56. The Labute approximate surface area is 189 Å². The van der Waals surface area contributed by atoms with Gasteiger partial charge in [-0.25, -0.2) is 0 Å². The number of hydrogen-bond donors (Lipinski definition) is 0. The van der Waals surface area contributed by atoms with Gasteiger partial charge >= 0.3 is 0 Å². The number of aryl methyl sites for hydroxylation is 1. The van der Waals surface area contributed by atoms with Crippen LogP contribution in [0, 0.1) is 6.92 Å². The molecule has 0 spiro atoms. The van der Waals surface area contributed by atoms with Crippen molar-refractivity contribution in [1.82, 2.24) is 14.8 Å². The predicted octanol–water partition coefficient (Wildman–Crippen LogP) is 5.12. The molecular weight excluding hydrogens is 410 g/mol. The summed E-state index contributed by atoms with van der Waals surface area (Å²) in [6.07, 6.45) is 0.335. The zero-order valence-electron chi connectivity index (χ0n) is 18.9. The summed E-state index contributed by atoms with van der Waals surface area (Å²) in [5.74, 6) is 2.72. The van der Waals surface area contributed by atoms with Crippen molar-refractivity contribution < 1.29 is 14.3 Å². The monoisotopic (exact) mass is 441 g/mol. The first-order chi connectivity index (χ1) is 15.1. The van der Waals surface area contributed by atoms with Crippen LogP contribution in [0.2, 0.25) is 0 Å². The number of benzene rings is 2. The number of Topliss-reactive ketones (excluding diaryl/α,β-unsaturated/α-hetero) is 1. The van der Waals surface area contributed by atoms with Crippen LogP contribution in [-0.4, -0.2) is 33.4 Å². The first kappa shape index (κ1) is 24.5. The van der Waals surface area contributed by atoms with Crippen molar-refractivity contribution >= 4 is 17.5 Å². The molecule has 0 N–H and O–H groups in total. The number of carbonyl (C=O) groups is 1. The highest BCUT2D eigenvalue weighted by atomic mass is 32.2. The van der Waals surface area contributed by atoms with Crippen LogP contribution >= 0.6 is 11.8 Å². The van der Waals surface area contributed by atoms with E-state index in [1.807, 2.05) is 80.8 Å². The van der Waals surface area contributed by atoms with Crippen LogP contribution < -0.4 is 9.47 Å². The minimum absolute atomic E-state index is 0.117. The highest BCUT2D eigenvalue weighted by molar-refractivity contribution is 7.99. The molecule has 0 radical (unpaired) electrons. The van der Waals surface area contributed by atoms with E-state index in [1.165, 1.54) is 11.8 Å². The van der Waals surface area contributed by atoms with Gasteiger partial charge in [0.25, 0.3) is 0 Å². The van der Waals surface area contributed by atoms with Gasteiger partial charge in [-0.15, -0.1) is 10.2 Å². The van der Waals surface area contributed by atoms with Gasteiger partial charge in [0.05, 0.1) is 12.9 Å². The summed E-state index contributed by atoms with van der Waals surface area (Å²) < 4.78 is 13.1. The smallest absolute Gasteiger partial charge is 0.191 e. The van der Waals surface area contributed by atoms with Gasteiger partial charge in [-0.3, -0.25) is 4.79 Å². The van der Waals surface area contributed by atoms with Crippen molar-refractivity contribution in [2.75, 3.05) is 12.9 Å². The number of ether oxygens (including phenoxy) is 2. The molecule has 0 saturated heterocycles. The Morgan fingerprint density at radius 3 is 2.52 bits per heavy atom. The van der Waals surface area contributed by atoms with Crippen LogP contribution in [0.4, 0.5) is 0 Å². The third-order valence-electron chi connectivity index (χ3n) is 4.41. The van der Waals surface area contributed by atoms with Gasteiger partial charge in [0, 0.05) is 18.5 Å². The maximum Gasteiger partial charge on any atom is 0.191 e. The maximum absolute atomic E-state index is 12.5. The molecule has 0 saturated carbocycles. The molecular formula is C24H31N3O3S. The number of rotatable bonds is 10. The molecule has 1 heterocycles. The minimum atomic E-state index is 0.117. The summed E-state index contributed by atoms with van der Waals surface area (Å²) in [5, 5.41) is 9.21. The molecule has 6 nitrogen and oxygen atoms in total. The third kappa shape index (κ3) is 7.14. The third-order valence-corrected chi connectivity index (χ3v) is 5.43. The summed E-state index contributed by atoms with van der Waals surface area (Å²) in [4.78, 5) is 12.5. The Kier molecular flexibility index (Phi) is 10.1. The fourth-order valence-electron chi connectivity index (χ4n) is 2.97. The number of para-hydroxylation sites is 1. The van der Waals surface area contributed by atoms with Crippen LogP contribution in [0.5, 0.6) is 11.5 Å². The molecule has 31 heavy (non-hydrogen) atoms. The summed E-state index contributed by atoms with van der Waals surface area (Å²) in [6, 6.07) is 15.5. The zero-order chi connectivity index (χ0) is 22.6. The number of hydrogen-bond acceptors (Lipinski definition) is 6. The lowest BCUT2D eigenvalue weighted by Gasteiger charge is -2.10. The summed E-state index contributed by atoms with van der Waals surface area (Å²) in [7, 11) is 1.62. The molecule has 0 unspecified atom stereocenters. The van der Waals surface area contributed by atoms with Crippen molar-refractivity contribution in [2.24, 2.45) is 0 Å². The lowest BCUT2D eigenvalue weighted by Crippen LogP contribution is -2.10. The van der Waals surface area contributed by atoms with Crippen LogP contribution in [0.1, 0.15) is 37.7 Å². The Bertz CT molecular complexity index is 958. The highest BCUT2D eigenvalue weighted by Gasteiger charge is 2.15. The Balaban J connectivity index is 0.00000166. The molecule has 2 aromatic carbocycles. The highest BCUT2D eigenvalue weighted by Crippen LogP contribution is 2.23. The molecule has 0 atom stereocenters. The second kappa shape index (κ2) is 12.8. The Morgan fingerprint density at radius 2 is 1.84 bits per heavy atom. The van der Waals surface area contributed by atoms with Gasteiger partial charge < -0.3 is 14.0 Å². The zero-order valence-corrected chi connectivity index (χ0v) is 19.7. The van der Waals surface area contributed by atoms with E-state index in [0.29, 0.717) is 25.3 Å². The number of carbonyl (C=O) groups excluding carboxylic acids is 1.